The zero-order valence-electron chi connectivity index (χ0n) is 9.96. The SMILES string of the molecule is CC(CN)Nc1ccc(OC(C)C)c(Cl)c1. The Bertz CT molecular complexity index is 342. The molecule has 3 nitrogen and oxygen atoms in total. The molecule has 1 atom stereocenters. The molecule has 1 aromatic carbocycles. The summed E-state index contributed by atoms with van der Waals surface area (Å²) < 4.78 is 5.55. The van der Waals surface area contributed by atoms with Crippen LogP contribution in [-0.2, 0) is 0 Å². The number of hydrogen-bond donors (Lipinski definition) is 2. The lowest BCUT2D eigenvalue weighted by atomic mass is 10.2. The zero-order chi connectivity index (χ0) is 12.1. The summed E-state index contributed by atoms with van der Waals surface area (Å²) in [5, 5.41) is 3.86. The van der Waals surface area contributed by atoms with Crippen molar-refractivity contribution < 1.29 is 4.74 Å². The van der Waals surface area contributed by atoms with Gasteiger partial charge in [0, 0.05) is 18.3 Å². The van der Waals surface area contributed by atoms with Crippen LogP contribution < -0.4 is 15.8 Å². The first-order valence-corrected chi connectivity index (χ1v) is 5.83. The molecule has 0 radical (unpaired) electrons. The van der Waals surface area contributed by atoms with Gasteiger partial charge < -0.3 is 15.8 Å². The van der Waals surface area contributed by atoms with Gasteiger partial charge in [0.25, 0.3) is 0 Å². The minimum atomic E-state index is 0.124. The van der Waals surface area contributed by atoms with Crippen LogP contribution in [0.25, 0.3) is 0 Å². The molecule has 0 aliphatic carbocycles. The van der Waals surface area contributed by atoms with Crippen molar-refractivity contribution in [3.05, 3.63) is 23.2 Å². The molecule has 0 aromatic heterocycles. The van der Waals surface area contributed by atoms with Crippen LogP contribution in [0.2, 0.25) is 5.02 Å². The van der Waals surface area contributed by atoms with Crippen molar-refractivity contribution in [2.45, 2.75) is 32.9 Å². The second-order valence-electron chi connectivity index (χ2n) is 4.09. The Kier molecular flexibility index (Phi) is 4.90. The molecule has 0 spiro atoms. The number of anilines is 1. The summed E-state index contributed by atoms with van der Waals surface area (Å²) in [5.41, 5.74) is 6.49. The van der Waals surface area contributed by atoms with E-state index in [1.54, 1.807) is 0 Å². The largest absolute Gasteiger partial charge is 0.489 e. The Morgan fingerprint density at radius 3 is 2.56 bits per heavy atom. The van der Waals surface area contributed by atoms with Gasteiger partial charge in [0.05, 0.1) is 11.1 Å². The molecular formula is C12H19ClN2O. The Hall–Kier alpha value is -0.930. The summed E-state index contributed by atoms with van der Waals surface area (Å²) in [7, 11) is 0. The number of halogens is 1. The van der Waals surface area contributed by atoms with Crippen LogP contribution in [0, 0.1) is 0 Å². The van der Waals surface area contributed by atoms with Gasteiger partial charge in [-0.2, -0.15) is 0 Å². The summed E-state index contributed by atoms with van der Waals surface area (Å²) in [6, 6.07) is 5.89. The topological polar surface area (TPSA) is 47.3 Å². The van der Waals surface area contributed by atoms with E-state index in [2.05, 4.69) is 5.32 Å². The fourth-order valence-electron chi connectivity index (χ4n) is 1.28. The van der Waals surface area contributed by atoms with E-state index < -0.39 is 0 Å². The standard InChI is InChI=1S/C12H19ClN2O/c1-8(2)16-12-5-4-10(6-11(12)13)15-9(3)7-14/h4-6,8-9,15H,7,14H2,1-3H3. The molecule has 0 saturated carbocycles. The molecule has 90 valence electrons. The van der Waals surface area contributed by atoms with Crippen LogP contribution in [0.4, 0.5) is 5.69 Å². The van der Waals surface area contributed by atoms with Crippen molar-refractivity contribution >= 4 is 17.3 Å². The number of benzene rings is 1. The molecule has 0 bridgehead atoms. The lowest BCUT2D eigenvalue weighted by Crippen LogP contribution is -2.25. The highest BCUT2D eigenvalue weighted by Crippen LogP contribution is 2.28. The van der Waals surface area contributed by atoms with E-state index in [0.717, 1.165) is 5.69 Å². The third-order valence-electron chi connectivity index (χ3n) is 2.06. The quantitative estimate of drug-likeness (QED) is 0.835. The average molecular weight is 243 g/mol. The van der Waals surface area contributed by atoms with Crippen molar-refractivity contribution in [1.82, 2.24) is 0 Å². The van der Waals surface area contributed by atoms with Crippen molar-refractivity contribution in [2.24, 2.45) is 5.73 Å². The second kappa shape index (κ2) is 5.97. The Labute approximate surface area is 102 Å². The Balaban J connectivity index is 2.74. The summed E-state index contributed by atoms with van der Waals surface area (Å²) in [5.74, 6) is 0.711. The van der Waals surface area contributed by atoms with Crippen LogP contribution in [0.1, 0.15) is 20.8 Å². The lowest BCUT2D eigenvalue weighted by molar-refractivity contribution is 0.242. The third-order valence-corrected chi connectivity index (χ3v) is 2.36. The van der Waals surface area contributed by atoms with Gasteiger partial charge in [-0.25, -0.2) is 0 Å². The van der Waals surface area contributed by atoms with Crippen LogP contribution in [0.3, 0.4) is 0 Å². The molecule has 0 saturated heterocycles. The molecule has 1 aromatic rings. The minimum absolute atomic E-state index is 0.124. The van der Waals surface area contributed by atoms with Gasteiger partial charge in [-0.1, -0.05) is 11.6 Å². The fraction of sp³-hybridized carbons (Fsp3) is 0.500. The van der Waals surface area contributed by atoms with Gasteiger partial charge in [-0.3, -0.25) is 0 Å². The van der Waals surface area contributed by atoms with Crippen LogP contribution in [0.15, 0.2) is 18.2 Å². The van der Waals surface area contributed by atoms with E-state index in [9.17, 15) is 0 Å². The summed E-state index contributed by atoms with van der Waals surface area (Å²) >= 11 is 6.10. The molecule has 0 aliphatic heterocycles. The predicted molar refractivity (Wildman–Crippen MR) is 69.4 cm³/mol. The van der Waals surface area contributed by atoms with E-state index in [4.69, 9.17) is 22.1 Å². The van der Waals surface area contributed by atoms with Crippen molar-refractivity contribution in [1.29, 1.82) is 0 Å². The molecule has 0 aliphatic rings. The highest BCUT2D eigenvalue weighted by molar-refractivity contribution is 6.32. The summed E-state index contributed by atoms with van der Waals surface area (Å²) in [4.78, 5) is 0. The maximum atomic E-state index is 6.10. The Morgan fingerprint density at radius 1 is 1.38 bits per heavy atom. The summed E-state index contributed by atoms with van der Waals surface area (Å²) in [6.45, 7) is 6.55. The second-order valence-corrected chi connectivity index (χ2v) is 4.50. The van der Waals surface area contributed by atoms with E-state index in [1.165, 1.54) is 0 Å². The first kappa shape index (κ1) is 13.1. The smallest absolute Gasteiger partial charge is 0.138 e. The van der Waals surface area contributed by atoms with E-state index >= 15 is 0 Å². The van der Waals surface area contributed by atoms with Gasteiger partial charge in [0.15, 0.2) is 0 Å². The number of nitrogens with one attached hydrogen (secondary N) is 1. The highest BCUT2D eigenvalue weighted by Gasteiger charge is 2.06. The van der Waals surface area contributed by atoms with Gasteiger partial charge in [-0.05, 0) is 39.0 Å². The normalized spacial score (nSPS) is 12.6. The van der Waals surface area contributed by atoms with Crippen molar-refractivity contribution in [3.63, 3.8) is 0 Å². The molecule has 0 heterocycles. The van der Waals surface area contributed by atoms with Gasteiger partial charge in [0.1, 0.15) is 5.75 Å². The number of nitrogens with two attached hydrogens (primary N) is 1. The molecule has 4 heteroatoms. The molecule has 1 rings (SSSR count). The fourth-order valence-corrected chi connectivity index (χ4v) is 1.51. The van der Waals surface area contributed by atoms with Gasteiger partial charge >= 0.3 is 0 Å². The van der Waals surface area contributed by atoms with Crippen molar-refractivity contribution in [3.8, 4) is 5.75 Å². The first-order chi connectivity index (χ1) is 7.52. The van der Waals surface area contributed by atoms with Gasteiger partial charge in [0.2, 0.25) is 0 Å². The van der Waals surface area contributed by atoms with E-state index in [0.29, 0.717) is 17.3 Å². The highest BCUT2D eigenvalue weighted by atomic mass is 35.5. The molecule has 3 N–H and O–H groups in total. The number of hydrogen-bond acceptors (Lipinski definition) is 3. The Morgan fingerprint density at radius 2 is 2.06 bits per heavy atom. The van der Waals surface area contributed by atoms with Gasteiger partial charge in [-0.15, -0.1) is 0 Å². The van der Waals surface area contributed by atoms with E-state index in [-0.39, 0.29) is 12.1 Å². The lowest BCUT2D eigenvalue weighted by Gasteiger charge is -2.15. The molecular weight excluding hydrogens is 224 g/mol. The van der Waals surface area contributed by atoms with E-state index in [1.807, 2.05) is 39.0 Å². The summed E-state index contributed by atoms with van der Waals surface area (Å²) in [6.07, 6.45) is 0.124. The van der Waals surface area contributed by atoms with Crippen LogP contribution in [0.5, 0.6) is 5.75 Å². The van der Waals surface area contributed by atoms with Crippen LogP contribution >= 0.6 is 11.6 Å². The zero-order valence-corrected chi connectivity index (χ0v) is 10.7. The third kappa shape index (κ3) is 3.91. The first-order valence-electron chi connectivity index (χ1n) is 5.45. The van der Waals surface area contributed by atoms with Crippen molar-refractivity contribution in [2.75, 3.05) is 11.9 Å². The molecule has 0 amide bonds. The monoisotopic (exact) mass is 242 g/mol. The average Bonchev–Trinajstić information content (AvgIpc) is 2.21. The van der Waals surface area contributed by atoms with Crippen LogP contribution in [-0.4, -0.2) is 18.7 Å². The minimum Gasteiger partial charge on any atom is -0.489 e. The molecule has 0 fully saturated rings. The number of ether oxygens (including phenoxy) is 1. The predicted octanol–water partition coefficient (Wildman–Crippen LogP) is 2.89. The number of rotatable bonds is 5. The molecule has 1 unspecified atom stereocenters. The molecule has 16 heavy (non-hydrogen) atoms. The maximum Gasteiger partial charge on any atom is 0.138 e. The maximum absolute atomic E-state index is 6.10.